The number of amides is 2. The van der Waals surface area contributed by atoms with Crippen LogP contribution in [0.2, 0.25) is 0 Å². The molecule has 0 aliphatic carbocycles. The van der Waals surface area contributed by atoms with E-state index in [1.807, 2.05) is 26.8 Å². The Labute approximate surface area is 118 Å². The zero-order chi connectivity index (χ0) is 15.3. The number of rotatable bonds is 3. The van der Waals surface area contributed by atoms with Crippen LogP contribution in [0, 0.1) is 11.3 Å². The maximum absolute atomic E-state index is 12.5. The first kappa shape index (κ1) is 16.2. The van der Waals surface area contributed by atoms with E-state index in [0.29, 0.717) is 13.2 Å². The van der Waals surface area contributed by atoms with E-state index in [2.05, 4.69) is 0 Å². The number of urea groups is 1. The van der Waals surface area contributed by atoms with Crippen molar-refractivity contribution in [1.29, 1.82) is 5.26 Å². The van der Waals surface area contributed by atoms with E-state index in [1.54, 1.807) is 4.90 Å². The van der Waals surface area contributed by atoms with Crippen molar-refractivity contribution in [3.05, 3.63) is 0 Å². The lowest BCUT2D eigenvalue weighted by Crippen LogP contribution is -2.56. The molecule has 0 aromatic carbocycles. The molecule has 0 spiro atoms. The summed E-state index contributed by atoms with van der Waals surface area (Å²) < 4.78 is 5.20. The highest BCUT2D eigenvalue weighted by Gasteiger charge is 2.33. The first-order valence-electron chi connectivity index (χ1n) is 6.55. The highest BCUT2D eigenvalue weighted by atomic mass is 16.5. The summed E-state index contributed by atoms with van der Waals surface area (Å²) in [6, 6.07) is 1.74. The minimum Gasteiger partial charge on any atom is -0.481 e. The van der Waals surface area contributed by atoms with Gasteiger partial charge in [-0.25, -0.2) is 4.79 Å². The second kappa shape index (κ2) is 6.57. The standard InChI is InChI=1S/C13H21N3O4/c1-13(2,3)16(5-4-11(17)18)12(19)15-6-7-20-10(8-14)9-15/h10H,4-7,9H2,1-3H3,(H,17,18). The zero-order valence-electron chi connectivity index (χ0n) is 12.1. The van der Waals surface area contributed by atoms with Gasteiger partial charge in [0.15, 0.2) is 6.10 Å². The fourth-order valence-corrected chi connectivity index (χ4v) is 2.00. The van der Waals surface area contributed by atoms with E-state index < -0.39 is 17.6 Å². The van der Waals surface area contributed by atoms with Crippen LogP contribution in [0.25, 0.3) is 0 Å². The number of carboxylic acids is 1. The summed E-state index contributed by atoms with van der Waals surface area (Å²) in [5.41, 5.74) is -0.479. The van der Waals surface area contributed by atoms with Crippen molar-refractivity contribution in [1.82, 2.24) is 9.80 Å². The topological polar surface area (TPSA) is 93.9 Å². The van der Waals surface area contributed by atoms with Crippen molar-refractivity contribution in [3.63, 3.8) is 0 Å². The minimum atomic E-state index is -0.941. The second-order valence-electron chi connectivity index (χ2n) is 5.68. The van der Waals surface area contributed by atoms with Crippen LogP contribution in [0.1, 0.15) is 27.2 Å². The number of ether oxygens (including phenoxy) is 1. The molecular weight excluding hydrogens is 262 g/mol. The minimum absolute atomic E-state index is 0.102. The number of nitrogens with zero attached hydrogens (tertiary/aromatic N) is 3. The van der Waals surface area contributed by atoms with Gasteiger partial charge in [-0.2, -0.15) is 5.26 Å². The third-order valence-electron chi connectivity index (χ3n) is 3.07. The molecule has 1 aliphatic rings. The molecule has 0 radical (unpaired) electrons. The van der Waals surface area contributed by atoms with Gasteiger partial charge in [-0.05, 0) is 20.8 Å². The lowest BCUT2D eigenvalue weighted by molar-refractivity contribution is -0.137. The van der Waals surface area contributed by atoms with Gasteiger partial charge in [-0.3, -0.25) is 4.79 Å². The lowest BCUT2D eigenvalue weighted by atomic mass is 10.1. The van der Waals surface area contributed by atoms with Gasteiger partial charge in [0.05, 0.1) is 25.6 Å². The maximum atomic E-state index is 12.5. The molecule has 1 fully saturated rings. The molecule has 0 saturated carbocycles. The molecule has 1 saturated heterocycles. The summed E-state index contributed by atoms with van der Waals surface area (Å²) in [6.45, 7) is 6.66. The predicted molar refractivity (Wildman–Crippen MR) is 71.0 cm³/mol. The molecule has 112 valence electrons. The van der Waals surface area contributed by atoms with Crippen molar-refractivity contribution in [2.45, 2.75) is 38.8 Å². The molecule has 0 aromatic rings. The number of carbonyl (C=O) groups is 2. The number of carbonyl (C=O) groups excluding carboxylic acids is 1. The van der Waals surface area contributed by atoms with Gasteiger partial charge in [0, 0.05) is 18.6 Å². The Kier molecular flexibility index (Phi) is 5.34. The number of hydrogen-bond donors (Lipinski definition) is 1. The van der Waals surface area contributed by atoms with Gasteiger partial charge in [0.1, 0.15) is 0 Å². The molecule has 1 heterocycles. The van der Waals surface area contributed by atoms with Crippen LogP contribution < -0.4 is 0 Å². The SMILES string of the molecule is CC(C)(C)N(CCC(=O)O)C(=O)N1CCOC(C#N)C1. The molecule has 1 unspecified atom stereocenters. The number of nitriles is 1. The predicted octanol–water partition coefficient (Wildman–Crippen LogP) is 0.906. The van der Waals surface area contributed by atoms with Crippen LogP contribution in [0.4, 0.5) is 4.79 Å². The molecule has 7 nitrogen and oxygen atoms in total. The van der Waals surface area contributed by atoms with E-state index >= 15 is 0 Å². The highest BCUT2D eigenvalue weighted by Crippen LogP contribution is 2.18. The Hall–Kier alpha value is -1.81. The van der Waals surface area contributed by atoms with Crippen molar-refractivity contribution in [2.75, 3.05) is 26.2 Å². The Morgan fingerprint density at radius 1 is 1.50 bits per heavy atom. The highest BCUT2D eigenvalue weighted by molar-refractivity contribution is 5.76. The summed E-state index contributed by atoms with van der Waals surface area (Å²) in [4.78, 5) is 26.3. The maximum Gasteiger partial charge on any atom is 0.320 e. The van der Waals surface area contributed by atoms with Crippen LogP contribution in [-0.4, -0.2) is 64.8 Å². The van der Waals surface area contributed by atoms with Crippen LogP contribution in [-0.2, 0) is 9.53 Å². The normalized spacial score (nSPS) is 19.3. The van der Waals surface area contributed by atoms with Gasteiger partial charge in [-0.1, -0.05) is 0 Å². The van der Waals surface area contributed by atoms with Crippen LogP contribution in [0.15, 0.2) is 0 Å². The molecule has 1 N–H and O–H groups in total. The van der Waals surface area contributed by atoms with E-state index in [1.165, 1.54) is 4.90 Å². The Morgan fingerprint density at radius 3 is 2.65 bits per heavy atom. The zero-order valence-corrected chi connectivity index (χ0v) is 12.1. The second-order valence-corrected chi connectivity index (χ2v) is 5.68. The van der Waals surface area contributed by atoms with E-state index in [-0.39, 0.29) is 25.5 Å². The Bertz CT molecular complexity index is 411. The molecule has 1 aliphatic heterocycles. The van der Waals surface area contributed by atoms with Crippen LogP contribution >= 0.6 is 0 Å². The van der Waals surface area contributed by atoms with Crippen LogP contribution in [0.5, 0.6) is 0 Å². The van der Waals surface area contributed by atoms with E-state index in [0.717, 1.165) is 0 Å². The van der Waals surface area contributed by atoms with Gasteiger partial charge < -0.3 is 19.6 Å². The van der Waals surface area contributed by atoms with Gasteiger partial charge in [0.25, 0.3) is 0 Å². The molecule has 7 heteroatoms. The third kappa shape index (κ3) is 4.38. The molecular formula is C13H21N3O4. The average Bonchev–Trinajstić information content (AvgIpc) is 2.36. The fraction of sp³-hybridized carbons (Fsp3) is 0.769. The summed E-state index contributed by atoms with van der Waals surface area (Å²) in [7, 11) is 0. The fourth-order valence-electron chi connectivity index (χ4n) is 2.00. The van der Waals surface area contributed by atoms with E-state index in [9.17, 15) is 9.59 Å². The van der Waals surface area contributed by atoms with Crippen LogP contribution in [0.3, 0.4) is 0 Å². The summed E-state index contributed by atoms with van der Waals surface area (Å²) in [5, 5.41) is 17.6. The quantitative estimate of drug-likeness (QED) is 0.830. The first-order chi connectivity index (χ1) is 9.25. The molecule has 1 rings (SSSR count). The smallest absolute Gasteiger partial charge is 0.320 e. The Morgan fingerprint density at radius 2 is 2.15 bits per heavy atom. The monoisotopic (exact) mass is 283 g/mol. The molecule has 2 amide bonds. The number of carboxylic acid groups (broad SMARTS) is 1. The largest absolute Gasteiger partial charge is 0.481 e. The van der Waals surface area contributed by atoms with Gasteiger partial charge >= 0.3 is 12.0 Å². The average molecular weight is 283 g/mol. The summed E-state index contributed by atoms with van der Waals surface area (Å²) >= 11 is 0. The summed E-state index contributed by atoms with van der Waals surface area (Å²) in [6.07, 6.45) is -0.719. The molecule has 20 heavy (non-hydrogen) atoms. The van der Waals surface area contributed by atoms with Crippen molar-refractivity contribution in [2.24, 2.45) is 0 Å². The van der Waals surface area contributed by atoms with Crippen molar-refractivity contribution >= 4 is 12.0 Å². The summed E-state index contributed by atoms with van der Waals surface area (Å²) in [5.74, 6) is -0.941. The molecule has 0 aromatic heterocycles. The number of hydrogen-bond acceptors (Lipinski definition) is 4. The van der Waals surface area contributed by atoms with E-state index in [4.69, 9.17) is 15.1 Å². The van der Waals surface area contributed by atoms with Crippen molar-refractivity contribution in [3.8, 4) is 6.07 Å². The van der Waals surface area contributed by atoms with Crippen molar-refractivity contribution < 1.29 is 19.4 Å². The van der Waals surface area contributed by atoms with Gasteiger partial charge in [-0.15, -0.1) is 0 Å². The first-order valence-corrected chi connectivity index (χ1v) is 6.55. The Balaban J connectivity index is 2.77. The lowest BCUT2D eigenvalue weighted by Gasteiger charge is -2.40. The number of morpholine rings is 1. The van der Waals surface area contributed by atoms with Gasteiger partial charge in [0.2, 0.25) is 0 Å². The molecule has 0 bridgehead atoms. The number of aliphatic carboxylic acids is 1. The third-order valence-corrected chi connectivity index (χ3v) is 3.07. The molecule has 1 atom stereocenters.